The number of Topliss-reactive ketones (excluding diaryl/α,β-unsaturated/α-hetero) is 1. The minimum absolute atomic E-state index is 0.0790. The van der Waals surface area contributed by atoms with E-state index < -0.39 is 0 Å². The van der Waals surface area contributed by atoms with Crippen LogP contribution in [0, 0.1) is 5.41 Å². The predicted molar refractivity (Wildman–Crippen MR) is 77.2 cm³/mol. The van der Waals surface area contributed by atoms with Gasteiger partial charge in [-0.2, -0.15) is 0 Å². The second-order valence-corrected chi connectivity index (χ2v) is 6.50. The number of carbonyl (C=O) groups excluding carboxylic acids is 1. The Balaban J connectivity index is 2.13. The van der Waals surface area contributed by atoms with E-state index in [4.69, 9.17) is 4.74 Å². The first-order chi connectivity index (χ1) is 8.98. The third kappa shape index (κ3) is 3.66. The molecule has 0 bridgehead atoms. The van der Waals surface area contributed by atoms with Crippen LogP contribution in [0.25, 0.3) is 0 Å². The molecule has 0 spiro atoms. The number of rotatable bonds is 4. The van der Waals surface area contributed by atoms with E-state index in [1.165, 1.54) is 5.56 Å². The first-order valence-electron chi connectivity index (χ1n) is 7.18. The third-order valence-corrected chi connectivity index (χ3v) is 3.94. The van der Waals surface area contributed by atoms with E-state index in [2.05, 4.69) is 32.9 Å². The van der Waals surface area contributed by atoms with Gasteiger partial charge < -0.3 is 4.74 Å². The van der Waals surface area contributed by atoms with Crippen molar-refractivity contribution in [1.29, 1.82) is 0 Å². The van der Waals surface area contributed by atoms with Crippen LogP contribution >= 0.6 is 0 Å². The van der Waals surface area contributed by atoms with Crippen molar-refractivity contribution in [3.63, 3.8) is 0 Å². The van der Waals surface area contributed by atoms with Gasteiger partial charge in [-0.1, -0.05) is 51.1 Å². The quantitative estimate of drug-likeness (QED) is 0.819. The van der Waals surface area contributed by atoms with Crippen molar-refractivity contribution >= 4 is 5.78 Å². The summed E-state index contributed by atoms with van der Waals surface area (Å²) in [6, 6.07) is 10.4. The number of carbonyl (C=O) groups is 1. The molecule has 0 unspecified atom stereocenters. The molecule has 0 aromatic heterocycles. The van der Waals surface area contributed by atoms with E-state index in [0.717, 1.165) is 19.4 Å². The SMILES string of the molecule is CC(C)(C)[C@H](CC(=O)[C@H]1CCCO1)c1ccccc1. The highest BCUT2D eigenvalue weighted by Gasteiger charge is 2.32. The molecule has 0 saturated carbocycles. The van der Waals surface area contributed by atoms with Crippen molar-refractivity contribution in [3.05, 3.63) is 35.9 Å². The lowest BCUT2D eigenvalue weighted by Crippen LogP contribution is -2.27. The lowest BCUT2D eigenvalue weighted by atomic mass is 9.73. The van der Waals surface area contributed by atoms with E-state index in [-0.39, 0.29) is 23.2 Å². The van der Waals surface area contributed by atoms with Crippen molar-refractivity contribution in [3.8, 4) is 0 Å². The van der Waals surface area contributed by atoms with Gasteiger partial charge >= 0.3 is 0 Å². The Kier molecular flexibility index (Phi) is 4.41. The fourth-order valence-electron chi connectivity index (χ4n) is 2.77. The number of ether oxygens (including phenoxy) is 1. The smallest absolute Gasteiger partial charge is 0.162 e. The fraction of sp³-hybridized carbons (Fsp3) is 0.588. The number of hydrogen-bond acceptors (Lipinski definition) is 2. The maximum atomic E-state index is 12.4. The fourth-order valence-corrected chi connectivity index (χ4v) is 2.77. The van der Waals surface area contributed by atoms with E-state index >= 15 is 0 Å². The lowest BCUT2D eigenvalue weighted by Gasteiger charge is -2.31. The highest BCUT2D eigenvalue weighted by molar-refractivity contribution is 5.84. The van der Waals surface area contributed by atoms with E-state index in [0.29, 0.717) is 6.42 Å². The molecule has 1 heterocycles. The molecule has 1 saturated heterocycles. The Bertz CT molecular complexity index is 411. The van der Waals surface area contributed by atoms with Crippen molar-refractivity contribution < 1.29 is 9.53 Å². The Hall–Kier alpha value is -1.15. The van der Waals surface area contributed by atoms with Gasteiger partial charge in [0.25, 0.3) is 0 Å². The maximum Gasteiger partial charge on any atom is 0.162 e. The van der Waals surface area contributed by atoms with Crippen LogP contribution in [0.2, 0.25) is 0 Å². The average molecular weight is 260 g/mol. The second kappa shape index (κ2) is 5.87. The van der Waals surface area contributed by atoms with Gasteiger partial charge in [0, 0.05) is 13.0 Å². The molecule has 2 rings (SSSR count). The van der Waals surface area contributed by atoms with Crippen molar-refractivity contribution in [1.82, 2.24) is 0 Å². The molecule has 1 aliphatic heterocycles. The monoisotopic (exact) mass is 260 g/mol. The first-order valence-corrected chi connectivity index (χ1v) is 7.18. The minimum Gasteiger partial charge on any atom is -0.370 e. The summed E-state index contributed by atoms with van der Waals surface area (Å²) >= 11 is 0. The van der Waals surface area contributed by atoms with Crippen LogP contribution in [0.5, 0.6) is 0 Å². The zero-order chi connectivity index (χ0) is 13.9. The Morgan fingerprint density at radius 3 is 2.53 bits per heavy atom. The summed E-state index contributed by atoms with van der Waals surface area (Å²) in [6.45, 7) is 7.34. The standard InChI is InChI=1S/C17H24O2/c1-17(2,3)14(13-8-5-4-6-9-13)12-15(18)16-10-7-11-19-16/h4-6,8-9,14,16H,7,10-12H2,1-3H3/t14-,16-/m1/s1. The van der Waals surface area contributed by atoms with E-state index in [1.54, 1.807) is 0 Å². The van der Waals surface area contributed by atoms with Crippen LogP contribution in [0.15, 0.2) is 30.3 Å². The zero-order valence-corrected chi connectivity index (χ0v) is 12.2. The summed E-state index contributed by atoms with van der Waals surface area (Å²) in [5.41, 5.74) is 1.33. The average Bonchev–Trinajstić information content (AvgIpc) is 2.89. The van der Waals surface area contributed by atoms with Crippen LogP contribution in [-0.4, -0.2) is 18.5 Å². The number of hydrogen-bond donors (Lipinski definition) is 0. The summed E-state index contributed by atoms with van der Waals surface area (Å²) in [5, 5.41) is 0. The second-order valence-electron chi connectivity index (χ2n) is 6.50. The molecule has 1 fully saturated rings. The minimum atomic E-state index is -0.159. The van der Waals surface area contributed by atoms with E-state index in [1.807, 2.05) is 18.2 Å². The molecule has 1 aromatic carbocycles. The predicted octanol–water partition coefficient (Wildman–Crippen LogP) is 3.95. The number of ketones is 1. The Labute approximate surface area is 116 Å². The van der Waals surface area contributed by atoms with Gasteiger partial charge in [0.15, 0.2) is 5.78 Å². The molecule has 1 aliphatic rings. The topological polar surface area (TPSA) is 26.3 Å². The van der Waals surface area contributed by atoms with Crippen molar-refractivity contribution in [2.45, 2.75) is 52.1 Å². The molecule has 104 valence electrons. The summed E-state index contributed by atoms with van der Waals surface area (Å²) in [6.07, 6.45) is 2.33. The Morgan fingerprint density at radius 1 is 1.32 bits per heavy atom. The van der Waals surface area contributed by atoms with Crippen LogP contribution in [0.4, 0.5) is 0 Å². The summed E-state index contributed by atoms with van der Waals surface area (Å²) < 4.78 is 5.51. The molecule has 0 N–H and O–H groups in total. The molecule has 0 radical (unpaired) electrons. The molecule has 0 aliphatic carbocycles. The van der Waals surface area contributed by atoms with E-state index in [9.17, 15) is 4.79 Å². The van der Waals surface area contributed by atoms with Gasteiger partial charge in [-0.05, 0) is 29.7 Å². The molecular weight excluding hydrogens is 236 g/mol. The molecular formula is C17H24O2. The zero-order valence-electron chi connectivity index (χ0n) is 12.2. The molecule has 2 atom stereocenters. The normalized spacial score (nSPS) is 21.3. The first kappa shape index (κ1) is 14.3. The van der Waals surface area contributed by atoms with Crippen molar-refractivity contribution in [2.24, 2.45) is 5.41 Å². The molecule has 1 aromatic rings. The van der Waals surface area contributed by atoms with Gasteiger partial charge in [-0.3, -0.25) is 4.79 Å². The molecule has 0 amide bonds. The van der Waals surface area contributed by atoms with Gasteiger partial charge in [-0.15, -0.1) is 0 Å². The highest BCUT2D eigenvalue weighted by Crippen LogP contribution is 2.38. The van der Waals surface area contributed by atoms with Crippen LogP contribution in [-0.2, 0) is 9.53 Å². The van der Waals surface area contributed by atoms with Gasteiger partial charge in [0.1, 0.15) is 6.10 Å². The maximum absolute atomic E-state index is 12.4. The van der Waals surface area contributed by atoms with Gasteiger partial charge in [-0.25, -0.2) is 0 Å². The van der Waals surface area contributed by atoms with Crippen LogP contribution in [0.3, 0.4) is 0 Å². The van der Waals surface area contributed by atoms with Crippen molar-refractivity contribution in [2.75, 3.05) is 6.61 Å². The van der Waals surface area contributed by atoms with Gasteiger partial charge in [0.05, 0.1) is 0 Å². The largest absolute Gasteiger partial charge is 0.370 e. The number of benzene rings is 1. The third-order valence-electron chi connectivity index (χ3n) is 3.94. The lowest BCUT2D eigenvalue weighted by molar-refractivity contribution is -0.128. The van der Waals surface area contributed by atoms with Crippen LogP contribution < -0.4 is 0 Å². The van der Waals surface area contributed by atoms with Crippen LogP contribution in [0.1, 0.15) is 51.5 Å². The molecule has 19 heavy (non-hydrogen) atoms. The highest BCUT2D eigenvalue weighted by atomic mass is 16.5. The molecule has 2 nitrogen and oxygen atoms in total. The molecule has 2 heteroatoms. The summed E-state index contributed by atoms with van der Waals surface area (Å²) in [5.74, 6) is 0.520. The summed E-state index contributed by atoms with van der Waals surface area (Å²) in [7, 11) is 0. The van der Waals surface area contributed by atoms with Gasteiger partial charge in [0.2, 0.25) is 0 Å². The Morgan fingerprint density at radius 2 is 2.00 bits per heavy atom. The summed E-state index contributed by atoms with van der Waals surface area (Å²) in [4.78, 5) is 12.4.